The van der Waals surface area contributed by atoms with Crippen molar-refractivity contribution < 1.29 is 0 Å². The number of hydrogen-bond acceptors (Lipinski definition) is 3. The van der Waals surface area contributed by atoms with Crippen molar-refractivity contribution in [3.8, 4) is 12.1 Å². The summed E-state index contributed by atoms with van der Waals surface area (Å²) < 4.78 is 0. The molecule has 0 radical (unpaired) electrons. The van der Waals surface area contributed by atoms with Gasteiger partial charge in [-0.05, 0) is 6.92 Å². The summed E-state index contributed by atoms with van der Waals surface area (Å²) in [5, 5.41) is 17.6. The minimum Gasteiger partial charge on any atom is -0.250 e. The molecule has 0 saturated heterocycles. The number of nitriles is 2. The van der Waals surface area contributed by atoms with E-state index in [0.717, 1.165) is 16.8 Å². The molecule has 15 heavy (non-hydrogen) atoms. The fraction of sp³-hybridized carbons (Fsp3) is 0.0833. The van der Waals surface area contributed by atoms with Crippen molar-refractivity contribution in [3.05, 3.63) is 41.0 Å². The number of benzene rings is 1. The molecule has 0 saturated carbocycles. The lowest BCUT2D eigenvalue weighted by molar-refractivity contribution is 1.44. The molecule has 0 spiro atoms. The van der Waals surface area contributed by atoms with Crippen LogP contribution in [-0.2, 0) is 0 Å². The van der Waals surface area contributed by atoms with E-state index in [-0.39, 0.29) is 5.57 Å². The van der Waals surface area contributed by atoms with Gasteiger partial charge in [0, 0.05) is 16.8 Å². The number of aliphatic imine (C=N–C) groups is 1. The highest BCUT2D eigenvalue weighted by atomic mass is 14.8. The van der Waals surface area contributed by atoms with Crippen LogP contribution in [0.3, 0.4) is 0 Å². The Morgan fingerprint density at radius 3 is 2.33 bits per heavy atom. The van der Waals surface area contributed by atoms with Crippen LogP contribution in [0.4, 0.5) is 0 Å². The summed E-state index contributed by atoms with van der Waals surface area (Å²) in [7, 11) is 0. The topological polar surface area (TPSA) is 59.9 Å². The monoisotopic (exact) mass is 193 g/mol. The van der Waals surface area contributed by atoms with Gasteiger partial charge in [-0.25, -0.2) is 0 Å². The molecule has 0 aliphatic carbocycles. The lowest BCUT2D eigenvalue weighted by Gasteiger charge is -1.98. The first kappa shape index (κ1) is 9.18. The van der Waals surface area contributed by atoms with Crippen LogP contribution in [0.15, 0.2) is 34.8 Å². The predicted molar refractivity (Wildman–Crippen MR) is 56.8 cm³/mol. The number of allylic oxidation sites excluding steroid dienone is 1. The summed E-state index contributed by atoms with van der Waals surface area (Å²) in [6.45, 7) is 1.87. The largest absolute Gasteiger partial charge is 0.250 e. The Morgan fingerprint density at radius 1 is 1.13 bits per heavy atom. The van der Waals surface area contributed by atoms with Gasteiger partial charge < -0.3 is 0 Å². The zero-order chi connectivity index (χ0) is 10.8. The van der Waals surface area contributed by atoms with E-state index in [1.807, 2.05) is 43.3 Å². The van der Waals surface area contributed by atoms with Crippen LogP contribution in [0.25, 0.3) is 5.70 Å². The maximum atomic E-state index is 8.80. The van der Waals surface area contributed by atoms with Gasteiger partial charge in [0.25, 0.3) is 0 Å². The zero-order valence-electron chi connectivity index (χ0n) is 8.15. The summed E-state index contributed by atoms with van der Waals surface area (Å²) in [4.78, 5) is 4.25. The molecule has 0 amide bonds. The van der Waals surface area contributed by atoms with Crippen molar-refractivity contribution in [2.24, 2.45) is 4.99 Å². The maximum absolute atomic E-state index is 8.80. The van der Waals surface area contributed by atoms with Gasteiger partial charge in [-0.1, -0.05) is 24.3 Å². The van der Waals surface area contributed by atoms with E-state index in [2.05, 4.69) is 4.99 Å². The van der Waals surface area contributed by atoms with Crippen molar-refractivity contribution in [2.75, 3.05) is 0 Å². The van der Waals surface area contributed by atoms with Crippen molar-refractivity contribution >= 4 is 11.4 Å². The molecule has 2 rings (SSSR count). The van der Waals surface area contributed by atoms with E-state index in [4.69, 9.17) is 10.5 Å². The number of nitrogens with zero attached hydrogens (tertiary/aromatic N) is 3. The third-order valence-corrected chi connectivity index (χ3v) is 2.31. The Bertz CT molecular complexity index is 549. The lowest BCUT2D eigenvalue weighted by Crippen LogP contribution is -1.89. The van der Waals surface area contributed by atoms with Crippen molar-refractivity contribution in [3.63, 3.8) is 0 Å². The molecule has 70 valence electrons. The molecule has 0 atom stereocenters. The van der Waals surface area contributed by atoms with Crippen LogP contribution >= 0.6 is 0 Å². The summed E-state index contributed by atoms with van der Waals surface area (Å²) in [5.41, 5.74) is 3.28. The van der Waals surface area contributed by atoms with E-state index < -0.39 is 0 Å². The summed E-state index contributed by atoms with van der Waals surface area (Å²) in [6, 6.07) is 11.3. The van der Waals surface area contributed by atoms with Gasteiger partial charge in [-0.3, -0.25) is 4.99 Å². The highest BCUT2D eigenvalue weighted by Gasteiger charge is 2.19. The Labute approximate surface area is 87.6 Å². The average Bonchev–Trinajstić information content (AvgIpc) is 2.60. The zero-order valence-corrected chi connectivity index (χ0v) is 8.15. The SMILES string of the molecule is CC1=NC(=C(C#N)C#N)c2ccccc21. The third kappa shape index (κ3) is 1.31. The minimum atomic E-state index is 0.0688. The first-order valence-electron chi connectivity index (χ1n) is 4.47. The first-order chi connectivity index (χ1) is 7.27. The average molecular weight is 193 g/mol. The molecular formula is C12H7N3. The Kier molecular flexibility index (Phi) is 2.08. The van der Waals surface area contributed by atoms with Gasteiger partial charge in [0.15, 0.2) is 5.57 Å². The van der Waals surface area contributed by atoms with E-state index in [9.17, 15) is 0 Å². The quantitative estimate of drug-likeness (QED) is 0.593. The number of fused-ring (bicyclic) bond motifs is 1. The smallest absolute Gasteiger partial charge is 0.155 e. The number of hydrogen-bond donors (Lipinski definition) is 0. The summed E-state index contributed by atoms with van der Waals surface area (Å²) in [5.74, 6) is 0. The van der Waals surface area contributed by atoms with Crippen LogP contribution in [0.5, 0.6) is 0 Å². The minimum absolute atomic E-state index is 0.0688. The molecule has 3 heteroatoms. The van der Waals surface area contributed by atoms with Gasteiger partial charge >= 0.3 is 0 Å². The molecule has 1 heterocycles. The maximum Gasteiger partial charge on any atom is 0.155 e. The molecule has 0 N–H and O–H groups in total. The molecule has 1 aromatic carbocycles. The highest BCUT2D eigenvalue weighted by Crippen LogP contribution is 2.30. The molecule has 0 aromatic heterocycles. The van der Waals surface area contributed by atoms with Gasteiger partial charge in [-0.2, -0.15) is 10.5 Å². The second kappa shape index (κ2) is 3.40. The lowest BCUT2D eigenvalue weighted by atomic mass is 10.0. The normalized spacial score (nSPS) is 12.5. The Balaban J connectivity index is 2.75. The first-order valence-corrected chi connectivity index (χ1v) is 4.47. The van der Waals surface area contributed by atoms with Gasteiger partial charge in [-0.15, -0.1) is 0 Å². The van der Waals surface area contributed by atoms with Gasteiger partial charge in [0.2, 0.25) is 0 Å². The van der Waals surface area contributed by atoms with E-state index in [1.54, 1.807) is 0 Å². The summed E-state index contributed by atoms with van der Waals surface area (Å²) >= 11 is 0. The second-order valence-electron chi connectivity index (χ2n) is 3.19. The molecule has 3 nitrogen and oxygen atoms in total. The standard InChI is InChI=1S/C12H7N3/c1-8-10-4-2-3-5-11(10)12(15-8)9(6-13)7-14/h2-5H,1H3. The Morgan fingerprint density at radius 2 is 1.73 bits per heavy atom. The van der Waals surface area contributed by atoms with Crippen molar-refractivity contribution in [2.45, 2.75) is 6.92 Å². The predicted octanol–water partition coefficient (Wildman–Crippen LogP) is 2.27. The van der Waals surface area contributed by atoms with Crippen LogP contribution in [-0.4, -0.2) is 5.71 Å². The third-order valence-electron chi connectivity index (χ3n) is 2.31. The fourth-order valence-corrected chi connectivity index (χ4v) is 1.61. The van der Waals surface area contributed by atoms with E-state index >= 15 is 0 Å². The van der Waals surface area contributed by atoms with Crippen LogP contribution in [0.1, 0.15) is 18.1 Å². The molecule has 1 aliphatic rings. The van der Waals surface area contributed by atoms with Crippen molar-refractivity contribution in [1.29, 1.82) is 10.5 Å². The molecule has 0 bridgehead atoms. The molecule has 0 unspecified atom stereocenters. The van der Waals surface area contributed by atoms with Crippen LogP contribution in [0, 0.1) is 22.7 Å². The van der Waals surface area contributed by atoms with Crippen LogP contribution < -0.4 is 0 Å². The van der Waals surface area contributed by atoms with Crippen molar-refractivity contribution in [1.82, 2.24) is 0 Å². The molecule has 1 aromatic rings. The van der Waals surface area contributed by atoms with Gasteiger partial charge in [0.05, 0.1) is 5.70 Å². The molecular weight excluding hydrogens is 186 g/mol. The van der Waals surface area contributed by atoms with Crippen LogP contribution in [0.2, 0.25) is 0 Å². The van der Waals surface area contributed by atoms with E-state index in [1.165, 1.54) is 0 Å². The Hall–Kier alpha value is -2.39. The molecule has 0 fully saturated rings. The van der Waals surface area contributed by atoms with E-state index in [0.29, 0.717) is 5.70 Å². The van der Waals surface area contributed by atoms with Gasteiger partial charge in [0.1, 0.15) is 12.1 Å². The summed E-state index contributed by atoms with van der Waals surface area (Å²) in [6.07, 6.45) is 0. The second-order valence-corrected chi connectivity index (χ2v) is 3.19. The fourth-order valence-electron chi connectivity index (χ4n) is 1.61. The highest BCUT2D eigenvalue weighted by molar-refractivity contribution is 6.10. The number of rotatable bonds is 0. The molecule has 1 aliphatic heterocycles.